The molecule has 170 valence electrons. The van der Waals surface area contributed by atoms with Gasteiger partial charge in [-0.1, -0.05) is 0 Å². The summed E-state index contributed by atoms with van der Waals surface area (Å²) in [7, 11) is 0. The van der Waals surface area contributed by atoms with Crippen molar-refractivity contribution in [3.63, 3.8) is 0 Å². The lowest BCUT2D eigenvalue weighted by Crippen LogP contribution is -1.70. The van der Waals surface area contributed by atoms with Crippen molar-refractivity contribution in [1.29, 1.82) is 0 Å². The highest BCUT2D eigenvalue weighted by atomic mass is 32.1. The van der Waals surface area contributed by atoms with Gasteiger partial charge >= 0.3 is 0 Å². The molecule has 0 atom stereocenters. The Labute approximate surface area is 224 Å². The average molecular weight is 551 g/mol. The van der Waals surface area contributed by atoms with Gasteiger partial charge in [0.25, 0.3) is 0 Å². The van der Waals surface area contributed by atoms with Crippen molar-refractivity contribution in [3.8, 4) is 50.1 Å². The van der Waals surface area contributed by atoms with E-state index in [1.54, 1.807) is 0 Å². The third-order valence-corrected chi connectivity index (χ3v) is 12.5. The first-order valence-corrected chi connectivity index (χ1v) is 15.9. The van der Waals surface area contributed by atoms with Crippen molar-refractivity contribution in [2.75, 3.05) is 0 Å². The molecule has 6 aromatic heterocycles. The normalized spacial score (nSPS) is 11.5. The number of aryl methyl sites for hydroxylation is 4. The van der Waals surface area contributed by atoms with Crippen LogP contribution in [0.4, 0.5) is 0 Å². The van der Waals surface area contributed by atoms with Gasteiger partial charge in [-0.2, -0.15) is 0 Å². The Morgan fingerprint density at radius 3 is 0.971 bits per heavy atom. The predicted octanol–water partition coefficient (Wildman–Crippen LogP) is 11.6. The summed E-state index contributed by atoms with van der Waals surface area (Å²) in [5.41, 5.74) is 2.74. The van der Waals surface area contributed by atoms with Gasteiger partial charge in [-0.15, -0.1) is 68.0 Å². The third-order valence-electron chi connectivity index (χ3n) is 5.65. The molecule has 34 heavy (non-hydrogen) atoms. The third kappa shape index (κ3) is 4.21. The van der Waals surface area contributed by atoms with Crippen molar-refractivity contribution in [3.05, 3.63) is 80.2 Å². The molecule has 6 rings (SSSR count). The van der Waals surface area contributed by atoms with E-state index >= 15 is 0 Å². The Bertz CT molecular complexity index is 1370. The smallest absolute Gasteiger partial charge is 0.0536 e. The Kier molecular flexibility index (Phi) is 6.00. The second kappa shape index (κ2) is 9.01. The van der Waals surface area contributed by atoms with E-state index in [0.29, 0.717) is 0 Å². The van der Waals surface area contributed by atoms with Crippen LogP contribution in [-0.2, 0) is 0 Å². The molecule has 6 heterocycles. The molecule has 0 aliphatic rings. The molecule has 0 bridgehead atoms. The van der Waals surface area contributed by atoms with Crippen LogP contribution in [-0.4, -0.2) is 0 Å². The van der Waals surface area contributed by atoms with Crippen LogP contribution in [0.2, 0.25) is 0 Å². The largest absolute Gasteiger partial charge is 0.141 e. The van der Waals surface area contributed by atoms with E-state index in [4.69, 9.17) is 0 Å². The lowest BCUT2D eigenvalue weighted by Gasteiger charge is -1.98. The summed E-state index contributed by atoms with van der Waals surface area (Å²) in [5.74, 6) is 0. The maximum Gasteiger partial charge on any atom is 0.0536 e. The van der Waals surface area contributed by atoms with E-state index in [1.807, 2.05) is 68.0 Å². The first-order chi connectivity index (χ1) is 16.4. The van der Waals surface area contributed by atoms with Gasteiger partial charge in [0.15, 0.2) is 0 Å². The second-order valence-electron chi connectivity index (χ2n) is 8.35. The number of hydrogen-bond acceptors (Lipinski definition) is 6. The minimum absolute atomic E-state index is 1.36. The van der Waals surface area contributed by atoms with Crippen molar-refractivity contribution in [1.82, 2.24) is 0 Å². The fourth-order valence-electron chi connectivity index (χ4n) is 4.03. The molecule has 0 spiro atoms. The van der Waals surface area contributed by atoms with Gasteiger partial charge in [0.2, 0.25) is 0 Å². The molecule has 0 fully saturated rings. The minimum atomic E-state index is 1.36. The molecule has 6 aromatic rings. The van der Waals surface area contributed by atoms with Crippen LogP contribution in [0.15, 0.2) is 60.7 Å². The lowest BCUT2D eigenvalue weighted by atomic mass is 10.1. The van der Waals surface area contributed by atoms with Crippen molar-refractivity contribution in [2.45, 2.75) is 27.7 Å². The van der Waals surface area contributed by atoms with Gasteiger partial charge in [-0.05, 0) is 88.4 Å². The van der Waals surface area contributed by atoms with Gasteiger partial charge in [-0.3, -0.25) is 0 Å². The molecule has 0 saturated carbocycles. The van der Waals surface area contributed by atoms with Crippen LogP contribution in [0.25, 0.3) is 50.1 Å². The number of rotatable bonds is 5. The summed E-state index contributed by atoms with van der Waals surface area (Å²) >= 11 is 11.5. The van der Waals surface area contributed by atoms with E-state index in [1.165, 1.54) is 69.7 Å². The van der Waals surface area contributed by atoms with E-state index in [9.17, 15) is 0 Å². The maximum absolute atomic E-state index is 2.43. The molecule has 0 radical (unpaired) electrons. The number of hydrogen-bond donors (Lipinski definition) is 0. The summed E-state index contributed by atoms with van der Waals surface area (Å²) in [6.07, 6.45) is 0. The van der Waals surface area contributed by atoms with Crippen LogP contribution in [0.3, 0.4) is 0 Å². The van der Waals surface area contributed by atoms with Crippen molar-refractivity contribution < 1.29 is 0 Å². The Morgan fingerprint density at radius 2 is 0.676 bits per heavy atom. The molecule has 0 N–H and O–H groups in total. The fraction of sp³-hybridized carbons (Fsp3) is 0.143. The van der Waals surface area contributed by atoms with Crippen LogP contribution >= 0.6 is 68.0 Å². The van der Waals surface area contributed by atoms with Crippen molar-refractivity contribution >= 4 is 68.0 Å². The minimum Gasteiger partial charge on any atom is -0.141 e. The summed E-state index contributed by atoms with van der Waals surface area (Å²) < 4.78 is 0. The Hall–Kier alpha value is -1.80. The summed E-state index contributed by atoms with van der Waals surface area (Å²) in [5, 5.41) is 0. The van der Waals surface area contributed by atoms with Crippen LogP contribution in [0, 0.1) is 27.7 Å². The highest BCUT2D eigenvalue weighted by Crippen LogP contribution is 2.52. The zero-order chi connectivity index (χ0) is 23.4. The van der Waals surface area contributed by atoms with E-state index < -0.39 is 0 Å². The standard InChI is InChI=1S/C28H22S6/c1-15-5-9-21(29-15)19-13-25(33-27(19)23-11-7-17(3)31-23)26-14-20(22-10-6-16(2)30-22)28(34-26)24-12-8-18(4)32-24/h5-14H,1-4H3. The molecule has 0 amide bonds. The maximum atomic E-state index is 2.43. The zero-order valence-electron chi connectivity index (χ0n) is 19.2. The summed E-state index contributed by atoms with van der Waals surface area (Å²) in [6, 6.07) is 22.9. The van der Waals surface area contributed by atoms with Crippen LogP contribution < -0.4 is 0 Å². The van der Waals surface area contributed by atoms with Gasteiger partial charge in [0, 0.05) is 59.9 Å². The molecule has 6 heteroatoms. The first-order valence-electron chi connectivity index (χ1n) is 11.0. The Morgan fingerprint density at radius 1 is 0.353 bits per heavy atom. The van der Waals surface area contributed by atoms with Gasteiger partial charge in [0.05, 0.1) is 9.75 Å². The lowest BCUT2D eigenvalue weighted by molar-refractivity contribution is 1.64. The van der Waals surface area contributed by atoms with Gasteiger partial charge < -0.3 is 0 Å². The predicted molar refractivity (Wildman–Crippen MR) is 160 cm³/mol. The molecular weight excluding hydrogens is 529 g/mol. The quantitative estimate of drug-likeness (QED) is 0.200. The SMILES string of the molecule is Cc1ccc(-c2cc(-c3cc(-c4ccc(C)s4)c(-c4ccc(C)s4)s3)sc2-c2ccc(C)s2)s1. The van der Waals surface area contributed by atoms with Crippen molar-refractivity contribution in [2.24, 2.45) is 0 Å². The van der Waals surface area contributed by atoms with Gasteiger partial charge in [0.1, 0.15) is 0 Å². The topological polar surface area (TPSA) is 0 Å². The van der Waals surface area contributed by atoms with E-state index in [-0.39, 0.29) is 0 Å². The molecule has 0 aliphatic heterocycles. The molecule has 0 aliphatic carbocycles. The highest BCUT2D eigenvalue weighted by molar-refractivity contribution is 7.29. The molecule has 0 nitrogen and oxygen atoms in total. The first kappa shape index (κ1) is 22.7. The molecular formula is C28H22S6. The molecule has 0 aromatic carbocycles. The summed E-state index contributed by atoms with van der Waals surface area (Å²) in [4.78, 5) is 16.4. The number of thiophene rings is 6. The van der Waals surface area contributed by atoms with E-state index in [2.05, 4.69) is 88.4 Å². The van der Waals surface area contributed by atoms with E-state index in [0.717, 1.165) is 0 Å². The van der Waals surface area contributed by atoms with Gasteiger partial charge in [-0.25, -0.2) is 0 Å². The summed E-state index contributed by atoms with van der Waals surface area (Å²) in [6.45, 7) is 8.78. The zero-order valence-corrected chi connectivity index (χ0v) is 24.1. The van der Waals surface area contributed by atoms with Crippen LogP contribution in [0.5, 0.6) is 0 Å². The Balaban J connectivity index is 1.53. The second-order valence-corrected chi connectivity index (χ2v) is 15.6. The molecule has 0 saturated heterocycles. The van der Waals surface area contributed by atoms with Crippen LogP contribution in [0.1, 0.15) is 19.5 Å². The molecule has 0 unspecified atom stereocenters. The fourth-order valence-corrected chi connectivity index (χ4v) is 10.3. The average Bonchev–Trinajstić information content (AvgIpc) is 3.61. The monoisotopic (exact) mass is 550 g/mol. The highest BCUT2D eigenvalue weighted by Gasteiger charge is 2.21.